The van der Waals surface area contributed by atoms with E-state index in [-0.39, 0.29) is 11.5 Å². The van der Waals surface area contributed by atoms with Crippen molar-refractivity contribution in [3.05, 3.63) is 54.5 Å². The maximum absolute atomic E-state index is 12.0. The van der Waals surface area contributed by atoms with Crippen molar-refractivity contribution >= 4 is 10.0 Å². The van der Waals surface area contributed by atoms with Crippen molar-refractivity contribution in [3.8, 4) is 0 Å². The lowest BCUT2D eigenvalue weighted by Crippen LogP contribution is -2.30. The summed E-state index contributed by atoms with van der Waals surface area (Å²) in [6.45, 7) is -0.375. The van der Waals surface area contributed by atoms with Crippen LogP contribution < -0.4 is 4.72 Å². The molecule has 1 unspecified atom stereocenters. The number of aliphatic hydroxyl groups is 1. The summed E-state index contributed by atoms with van der Waals surface area (Å²) in [5.41, 5.74) is 0. The monoisotopic (exact) mass is 267 g/mol. The Bertz CT molecular complexity index is 578. The summed E-state index contributed by atoms with van der Waals surface area (Å²) in [4.78, 5) is 0.148. The molecule has 0 aliphatic carbocycles. The second-order valence-corrected chi connectivity index (χ2v) is 5.40. The highest BCUT2D eigenvalue weighted by Gasteiger charge is 2.22. The van der Waals surface area contributed by atoms with E-state index < -0.39 is 16.1 Å². The lowest BCUT2D eigenvalue weighted by atomic mass is 10.2. The first-order valence-corrected chi connectivity index (χ1v) is 6.83. The van der Waals surface area contributed by atoms with Gasteiger partial charge >= 0.3 is 0 Å². The number of hydrogen-bond acceptors (Lipinski definition) is 4. The van der Waals surface area contributed by atoms with E-state index >= 15 is 0 Å². The fourth-order valence-electron chi connectivity index (χ4n) is 1.53. The third kappa shape index (κ3) is 2.79. The molecule has 0 bridgehead atoms. The molecule has 2 aromatic rings. The maximum Gasteiger partial charge on any atom is 0.241 e. The fraction of sp³-hybridized carbons (Fsp3) is 0.167. The molecule has 96 valence electrons. The van der Waals surface area contributed by atoms with Crippen LogP contribution in [0.2, 0.25) is 0 Å². The second-order valence-electron chi connectivity index (χ2n) is 3.68. The zero-order valence-corrected chi connectivity index (χ0v) is 10.3. The Morgan fingerprint density at radius 1 is 1.17 bits per heavy atom. The summed E-state index contributed by atoms with van der Waals surface area (Å²) in [5.74, 6) is 0.372. The van der Waals surface area contributed by atoms with Crippen LogP contribution in [0, 0.1) is 0 Å². The molecule has 5 nitrogen and oxygen atoms in total. The minimum Gasteiger partial charge on any atom is -0.468 e. The van der Waals surface area contributed by atoms with Crippen molar-refractivity contribution in [1.82, 2.24) is 4.72 Å². The molecule has 1 aromatic heterocycles. The third-order valence-corrected chi connectivity index (χ3v) is 3.91. The number of rotatable bonds is 5. The molecule has 18 heavy (non-hydrogen) atoms. The van der Waals surface area contributed by atoms with Crippen LogP contribution >= 0.6 is 0 Å². The number of nitrogens with one attached hydrogen (secondary N) is 1. The molecule has 6 heteroatoms. The lowest BCUT2D eigenvalue weighted by molar-refractivity contribution is 0.242. The van der Waals surface area contributed by atoms with Crippen LogP contribution in [-0.4, -0.2) is 20.1 Å². The fourth-order valence-corrected chi connectivity index (χ4v) is 2.75. The summed E-state index contributed by atoms with van der Waals surface area (Å²) in [5, 5.41) is 9.22. The van der Waals surface area contributed by atoms with Gasteiger partial charge in [0.15, 0.2) is 0 Å². The Morgan fingerprint density at radius 2 is 1.89 bits per heavy atom. The van der Waals surface area contributed by atoms with E-state index in [0.29, 0.717) is 5.76 Å². The largest absolute Gasteiger partial charge is 0.468 e. The molecular weight excluding hydrogens is 254 g/mol. The summed E-state index contributed by atoms with van der Waals surface area (Å²) in [7, 11) is -3.67. The Labute approximate surface area is 105 Å². The molecule has 1 heterocycles. The number of sulfonamides is 1. The smallest absolute Gasteiger partial charge is 0.241 e. The van der Waals surface area contributed by atoms with Gasteiger partial charge in [-0.05, 0) is 24.3 Å². The number of benzene rings is 1. The van der Waals surface area contributed by atoms with Crippen LogP contribution in [0.25, 0.3) is 0 Å². The predicted octanol–water partition coefficient (Wildman–Crippen LogP) is 1.29. The van der Waals surface area contributed by atoms with E-state index in [1.807, 2.05) is 0 Å². The van der Waals surface area contributed by atoms with Crippen LogP contribution in [0.3, 0.4) is 0 Å². The summed E-state index contributed by atoms with van der Waals surface area (Å²) >= 11 is 0. The second kappa shape index (κ2) is 5.34. The molecule has 0 fully saturated rings. The topological polar surface area (TPSA) is 79.5 Å². The normalized spacial score (nSPS) is 13.4. The Hall–Kier alpha value is -1.63. The van der Waals surface area contributed by atoms with E-state index in [1.165, 1.54) is 18.4 Å². The van der Waals surface area contributed by atoms with Gasteiger partial charge in [-0.2, -0.15) is 4.72 Å². The number of furan rings is 1. The molecule has 0 spiro atoms. The van der Waals surface area contributed by atoms with Gasteiger partial charge in [0, 0.05) is 0 Å². The van der Waals surface area contributed by atoms with Crippen molar-refractivity contribution in [1.29, 1.82) is 0 Å². The van der Waals surface area contributed by atoms with Gasteiger partial charge in [-0.25, -0.2) is 8.42 Å². The molecule has 2 N–H and O–H groups in total. The van der Waals surface area contributed by atoms with E-state index in [4.69, 9.17) is 4.42 Å². The van der Waals surface area contributed by atoms with Crippen LogP contribution in [0.15, 0.2) is 58.0 Å². The molecular formula is C12H13NO4S. The SMILES string of the molecule is O=S(=O)(NC(CO)c1ccco1)c1ccccc1. The molecule has 0 amide bonds. The van der Waals surface area contributed by atoms with Gasteiger partial charge in [0.1, 0.15) is 11.8 Å². The minimum absolute atomic E-state index is 0.148. The highest BCUT2D eigenvalue weighted by Crippen LogP contribution is 2.17. The average Bonchev–Trinajstić information content (AvgIpc) is 2.91. The van der Waals surface area contributed by atoms with Gasteiger partial charge in [-0.15, -0.1) is 0 Å². The molecule has 1 aromatic carbocycles. The first-order chi connectivity index (χ1) is 8.63. The van der Waals surface area contributed by atoms with Crippen LogP contribution in [0.5, 0.6) is 0 Å². The van der Waals surface area contributed by atoms with Gasteiger partial charge in [-0.3, -0.25) is 0 Å². The standard InChI is InChI=1S/C12H13NO4S/c14-9-11(12-7-4-8-17-12)13-18(15,16)10-5-2-1-3-6-10/h1-8,11,13-14H,9H2. The molecule has 0 aliphatic heterocycles. The van der Waals surface area contributed by atoms with Crippen molar-refractivity contribution in [2.75, 3.05) is 6.61 Å². The molecule has 1 atom stereocenters. The summed E-state index contributed by atoms with van der Waals surface area (Å²) < 4.78 is 31.5. The highest BCUT2D eigenvalue weighted by atomic mass is 32.2. The van der Waals surface area contributed by atoms with Gasteiger partial charge < -0.3 is 9.52 Å². The van der Waals surface area contributed by atoms with E-state index in [9.17, 15) is 13.5 Å². The molecule has 0 saturated carbocycles. The van der Waals surface area contributed by atoms with Crippen LogP contribution in [-0.2, 0) is 10.0 Å². The first-order valence-electron chi connectivity index (χ1n) is 5.35. The van der Waals surface area contributed by atoms with E-state index in [0.717, 1.165) is 0 Å². The van der Waals surface area contributed by atoms with Crippen molar-refractivity contribution < 1.29 is 17.9 Å². The van der Waals surface area contributed by atoms with E-state index in [1.54, 1.807) is 30.3 Å². The molecule has 2 rings (SSSR count). The number of hydrogen-bond donors (Lipinski definition) is 2. The molecule has 0 radical (unpaired) electrons. The van der Waals surface area contributed by atoms with Gasteiger partial charge in [0.2, 0.25) is 10.0 Å². The Balaban J connectivity index is 2.22. The molecule has 0 aliphatic rings. The third-order valence-electron chi connectivity index (χ3n) is 2.42. The van der Waals surface area contributed by atoms with Gasteiger partial charge in [-0.1, -0.05) is 18.2 Å². The summed E-state index contributed by atoms with van der Waals surface area (Å²) in [6, 6.07) is 10.4. The predicted molar refractivity (Wildman–Crippen MR) is 65.3 cm³/mol. The zero-order chi connectivity index (χ0) is 13.0. The van der Waals surface area contributed by atoms with Crippen LogP contribution in [0.4, 0.5) is 0 Å². The quantitative estimate of drug-likeness (QED) is 0.855. The van der Waals surface area contributed by atoms with Gasteiger partial charge in [0.05, 0.1) is 17.8 Å². The first kappa shape index (κ1) is 12.8. The van der Waals surface area contributed by atoms with Crippen LogP contribution in [0.1, 0.15) is 11.8 Å². The maximum atomic E-state index is 12.0. The highest BCUT2D eigenvalue weighted by molar-refractivity contribution is 7.89. The summed E-state index contributed by atoms with van der Waals surface area (Å²) in [6.07, 6.45) is 1.43. The van der Waals surface area contributed by atoms with Crippen molar-refractivity contribution in [3.63, 3.8) is 0 Å². The van der Waals surface area contributed by atoms with Crippen molar-refractivity contribution in [2.45, 2.75) is 10.9 Å². The van der Waals surface area contributed by atoms with Crippen molar-refractivity contribution in [2.24, 2.45) is 0 Å². The minimum atomic E-state index is -3.67. The van der Waals surface area contributed by atoms with Gasteiger partial charge in [0.25, 0.3) is 0 Å². The average molecular weight is 267 g/mol. The molecule has 0 saturated heterocycles. The Kier molecular flexibility index (Phi) is 3.81. The zero-order valence-electron chi connectivity index (χ0n) is 9.48. The van der Waals surface area contributed by atoms with E-state index in [2.05, 4.69) is 4.72 Å². The lowest BCUT2D eigenvalue weighted by Gasteiger charge is -2.14. The number of aliphatic hydroxyl groups excluding tert-OH is 1. The Morgan fingerprint density at radius 3 is 2.44 bits per heavy atom.